The van der Waals surface area contributed by atoms with Crippen molar-refractivity contribution in [2.45, 2.75) is 57.7 Å². The van der Waals surface area contributed by atoms with E-state index in [0.29, 0.717) is 55.3 Å². The summed E-state index contributed by atoms with van der Waals surface area (Å²) in [6, 6.07) is 13.4. The molecule has 15 heteroatoms. The summed E-state index contributed by atoms with van der Waals surface area (Å²) >= 11 is 0. The number of carbonyl (C=O) groups excluding carboxylic acids is 1. The van der Waals surface area contributed by atoms with Crippen molar-refractivity contribution < 1.29 is 27.9 Å². The van der Waals surface area contributed by atoms with Crippen LogP contribution in [0.4, 0.5) is 36.1 Å². The zero-order valence-corrected chi connectivity index (χ0v) is 32.5. The van der Waals surface area contributed by atoms with Crippen LogP contribution in [0.15, 0.2) is 54.9 Å². The third-order valence-corrected chi connectivity index (χ3v) is 12.4. The van der Waals surface area contributed by atoms with Crippen molar-refractivity contribution in [3.63, 3.8) is 0 Å². The van der Waals surface area contributed by atoms with Gasteiger partial charge in [-0.2, -0.15) is 18.4 Å². The highest BCUT2D eigenvalue weighted by Crippen LogP contribution is 2.36. The van der Waals surface area contributed by atoms with E-state index in [1.165, 1.54) is 18.3 Å². The minimum atomic E-state index is -4.61. The number of carboxylic acid groups (broad SMARTS) is 1. The average Bonchev–Trinajstić information content (AvgIpc) is 3.22. The molecule has 304 valence electrons. The normalized spacial score (nSPS) is 21.0. The van der Waals surface area contributed by atoms with Gasteiger partial charge in [0, 0.05) is 95.8 Å². The van der Waals surface area contributed by atoms with Crippen LogP contribution in [0.1, 0.15) is 67.1 Å². The zero-order chi connectivity index (χ0) is 40.1. The Kier molecular flexibility index (Phi) is 12.5. The fraction of sp³-hybridized carbons (Fsp3) is 0.548. The number of amides is 1. The number of aromatic carboxylic acids is 1. The van der Waals surface area contributed by atoms with Gasteiger partial charge in [-0.15, -0.1) is 0 Å². The van der Waals surface area contributed by atoms with Gasteiger partial charge < -0.3 is 30.0 Å². The molecule has 2 N–H and O–H groups in total. The van der Waals surface area contributed by atoms with Gasteiger partial charge in [0.05, 0.1) is 34.8 Å². The van der Waals surface area contributed by atoms with Gasteiger partial charge in [-0.25, -0.2) is 14.8 Å². The van der Waals surface area contributed by atoms with Crippen LogP contribution in [0.25, 0.3) is 0 Å². The minimum absolute atomic E-state index is 0.134. The summed E-state index contributed by atoms with van der Waals surface area (Å²) in [6.45, 7) is 12.3. The van der Waals surface area contributed by atoms with Crippen molar-refractivity contribution in [3.05, 3.63) is 71.7 Å². The summed E-state index contributed by atoms with van der Waals surface area (Å²) in [4.78, 5) is 45.0. The molecule has 4 saturated heterocycles. The first-order valence-corrected chi connectivity index (χ1v) is 20.2. The number of halogens is 3. The monoisotopic (exact) mass is 787 g/mol. The molecule has 2 aromatic heterocycles. The van der Waals surface area contributed by atoms with E-state index in [4.69, 9.17) is 5.26 Å². The molecule has 4 fully saturated rings. The third kappa shape index (κ3) is 9.79. The predicted molar refractivity (Wildman–Crippen MR) is 213 cm³/mol. The van der Waals surface area contributed by atoms with Gasteiger partial charge in [0.2, 0.25) is 5.91 Å². The molecule has 0 spiro atoms. The van der Waals surface area contributed by atoms with Crippen molar-refractivity contribution in [1.29, 1.82) is 5.26 Å². The molecule has 1 aromatic carbocycles. The Morgan fingerprint density at radius 2 is 1.49 bits per heavy atom. The van der Waals surface area contributed by atoms with Gasteiger partial charge in [0.25, 0.3) is 0 Å². The second-order valence-corrected chi connectivity index (χ2v) is 16.1. The number of hydrogen-bond donors (Lipinski definition) is 2. The molecule has 3 aromatic rings. The SMILES string of the molecule is C[C@@H]1CN(CC2CCN(c3cccnc3C(=O)O)CC2)CCN1CC1CCN(c2ccc(NC(=O)C3CCN(c4ccc(C#N)c(C(F)(F)F)c4)CC3)nc2)CC1. The number of benzene rings is 1. The molecule has 0 aliphatic carbocycles. The van der Waals surface area contributed by atoms with Crippen LogP contribution in [-0.4, -0.2) is 115 Å². The summed E-state index contributed by atoms with van der Waals surface area (Å²) in [5.74, 6) is 0.356. The molecular weight excluding hydrogens is 736 g/mol. The highest BCUT2D eigenvalue weighted by Gasteiger charge is 2.35. The Morgan fingerprint density at radius 3 is 2.12 bits per heavy atom. The topological polar surface area (TPSA) is 132 Å². The molecule has 57 heavy (non-hydrogen) atoms. The number of aromatic nitrogens is 2. The molecule has 0 saturated carbocycles. The van der Waals surface area contributed by atoms with Crippen LogP contribution in [-0.2, 0) is 11.0 Å². The van der Waals surface area contributed by atoms with E-state index >= 15 is 0 Å². The van der Waals surface area contributed by atoms with Crippen LogP contribution in [0.5, 0.6) is 0 Å². The highest BCUT2D eigenvalue weighted by molar-refractivity contribution is 5.92. The molecule has 1 amide bonds. The largest absolute Gasteiger partial charge is 0.476 e. The number of hydrogen-bond acceptors (Lipinski definition) is 10. The van der Waals surface area contributed by atoms with Gasteiger partial charge in [0.15, 0.2) is 5.69 Å². The lowest BCUT2D eigenvalue weighted by Crippen LogP contribution is -2.54. The number of anilines is 4. The van der Waals surface area contributed by atoms with Crippen LogP contribution in [0, 0.1) is 29.1 Å². The standard InChI is InChI=1S/C42H52F3N9O3/c1-29-26-50(27-30-10-17-53(18-11-30)37-3-2-14-47-39(37)41(56)57)21-22-54(29)28-31-8-15-52(16-9-31)35-6-7-38(48-25-35)49-40(55)32-12-19-51(20-13-32)34-5-4-33(24-46)36(23-34)42(43,44)45/h2-7,14,23,25,29-32H,8-13,15-22,26-28H2,1H3,(H,56,57)(H,48,49,55)/t29-/m1/s1. The first kappa shape index (κ1) is 40.3. The Labute approximate surface area is 332 Å². The molecule has 6 heterocycles. The lowest BCUT2D eigenvalue weighted by atomic mass is 9.93. The average molecular weight is 788 g/mol. The van der Waals surface area contributed by atoms with Gasteiger partial charge >= 0.3 is 12.1 Å². The minimum Gasteiger partial charge on any atom is -0.476 e. The highest BCUT2D eigenvalue weighted by atomic mass is 19.4. The van der Waals surface area contributed by atoms with Crippen molar-refractivity contribution >= 4 is 34.8 Å². The maximum atomic E-state index is 13.5. The Hall–Kier alpha value is -4.94. The number of alkyl halides is 3. The van der Waals surface area contributed by atoms with E-state index in [1.807, 2.05) is 35.4 Å². The van der Waals surface area contributed by atoms with Crippen LogP contribution in [0.2, 0.25) is 0 Å². The molecule has 0 bridgehead atoms. The Morgan fingerprint density at radius 1 is 0.842 bits per heavy atom. The Bertz CT molecular complexity index is 1900. The maximum Gasteiger partial charge on any atom is 0.417 e. The first-order chi connectivity index (χ1) is 27.4. The zero-order valence-electron chi connectivity index (χ0n) is 32.5. The summed E-state index contributed by atoms with van der Waals surface area (Å²) in [5, 5.41) is 21.6. The number of nitriles is 1. The fourth-order valence-corrected chi connectivity index (χ4v) is 9.09. The second kappa shape index (κ2) is 17.7. The molecule has 12 nitrogen and oxygen atoms in total. The molecule has 1 atom stereocenters. The third-order valence-electron chi connectivity index (χ3n) is 12.4. The first-order valence-electron chi connectivity index (χ1n) is 20.2. The lowest BCUT2D eigenvalue weighted by Gasteiger charge is -2.44. The fourth-order valence-electron chi connectivity index (χ4n) is 9.09. The Balaban J connectivity index is 0.801. The van der Waals surface area contributed by atoms with E-state index < -0.39 is 23.3 Å². The summed E-state index contributed by atoms with van der Waals surface area (Å²) in [6.07, 6.45) is 4.08. The van der Waals surface area contributed by atoms with Gasteiger partial charge in [-0.3, -0.25) is 9.69 Å². The molecule has 7 rings (SSSR count). The van der Waals surface area contributed by atoms with Crippen molar-refractivity contribution in [1.82, 2.24) is 19.8 Å². The van der Waals surface area contributed by atoms with Gasteiger partial charge in [-0.1, -0.05) is 0 Å². The van der Waals surface area contributed by atoms with Gasteiger partial charge in [0.1, 0.15) is 5.82 Å². The van der Waals surface area contributed by atoms with Crippen molar-refractivity contribution in [2.24, 2.45) is 17.8 Å². The number of nitrogens with one attached hydrogen (secondary N) is 1. The number of piperidine rings is 3. The van der Waals surface area contributed by atoms with E-state index in [1.54, 1.807) is 6.07 Å². The maximum absolute atomic E-state index is 13.5. The summed E-state index contributed by atoms with van der Waals surface area (Å²) < 4.78 is 40.4. The number of piperazine rings is 1. The summed E-state index contributed by atoms with van der Waals surface area (Å²) in [5.41, 5.74) is 0.957. The number of pyridine rings is 2. The molecular formula is C42H52F3N9O3. The van der Waals surface area contributed by atoms with E-state index in [-0.39, 0.29) is 17.5 Å². The number of carboxylic acids is 1. The number of nitrogens with zero attached hydrogens (tertiary/aromatic N) is 8. The predicted octanol–water partition coefficient (Wildman–Crippen LogP) is 6.06. The lowest BCUT2D eigenvalue weighted by molar-refractivity contribution is -0.137. The number of carbonyl (C=O) groups is 2. The quantitative estimate of drug-likeness (QED) is 0.249. The smallest absolute Gasteiger partial charge is 0.417 e. The second-order valence-electron chi connectivity index (χ2n) is 16.1. The summed E-state index contributed by atoms with van der Waals surface area (Å²) in [7, 11) is 0. The van der Waals surface area contributed by atoms with Crippen LogP contribution < -0.4 is 20.0 Å². The van der Waals surface area contributed by atoms with Crippen molar-refractivity contribution in [3.8, 4) is 6.07 Å². The number of rotatable bonds is 10. The van der Waals surface area contributed by atoms with Gasteiger partial charge in [-0.05, 0) is 99.7 Å². The van der Waals surface area contributed by atoms with E-state index in [0.717, 1.165) is 102 Å². The van der Waals surface area contributed by atoms with Crippen molar-refractivity contribution in [2.75, 3.05) is 92.0 Å². The van der Waals surface area contributed by atoms with Crippen LogP contribution >= 0.6 is 0 Å². The molecule has 4 aliphatic heterocycles. The van der Waals surface area contributed by atoms with E-state index in [9.17, 15) is 27.9 Å². The molecule has 4 aliphatic rings. The van der Waals surface area contributed by atoms with Crippen LogP contribution in [0.3, 0.4) is 0 Å². The molecule has 0 unspecified atom stereocenters. The van der Waals surface area contributed by atoms with E-state index in [2.05, 4.69) is 41.8 Å². The molecule has 0 radical (unpaired) electrons.